The van der Waals surface area contributed by atoms with Gasteiger partial charge in [0, 0.05) is 20.0 Å². The maximum Gasteiger partial charge on any atom is 0.276 e. The lowest BCUT2D eigenvalue weighted by molar-refractivity contribution is -0.114. The fourth-order valence-electron chi connectivity index (χ4n) is 1.44. The normalized spacial score (nSPS) is 9.94. The number of carbonyl (C=O) groups excluding carboxylic acids is 1. The summed E-state index contributed by atoms with van der Waals surface area (Å²) in [6.45, 7) is 6.73. The Balaban J connectivity index is 3.21. The lowest BCUT2D eigenvalue weighted by atomic mass is 10.4. The molecule has 1 heterocycles. The van der Waals surface area contributed by atoms with Crippen molar-refractivity contribution in [3.05, 3.63) is 16.7 Å². The lowest BCUT2D eigenvalue weighted by Crippen LogP contribution is -2.28. The molecule has 0 aliphatic rings. The van der Waals surface area contributed by atoms with E-state index in [0.29, 0.717) is 5.82 Å². The summed E-state index contributed by atoms with van der Waals surface area (Å²) in [6, 6.07) is 0. The Morgan fingerprint density at radius 2 is 2.12 bits per heavy atom. The molecule has 16 heavy (non-hydrogen) atoms. The van der Waals surface area contributed by atoms with Crippen molar-refractivity contribution >= 4 is 17.4 Å². The average molecular weight is 224 g/mol. The molecule has 1 aromatic rings. The highest BCUT2D eigenvalue weighted by molar-refractivity contribution is 5.91. The second-order valence-corrected chi connectivity index (χ2v) is 3.28. The van der Waals surface area contributed by atoms with Crippen molar-refractivity contribution in [2.24, 2.45) is 0 Å². The summed E-state index contributed by atoms with van der Waals surface area (Å²) in [5.41, 5.74) is -0.134. The molecule has 6 nitrogen and oxygen atoms in total. The van der Waals surface area contributed by atoms with Crippen molar-refractivity contribution in [3.8, 4) is 0 Å². The molecule has 0 fully saturated rings. The van der Waals surface area contributed by atoms with E-state index in [9.17, 15) is 9.59 Å². The number of aromatic amines is 1. The van der Waals surface area contributed by atoms with Crippen LogP contribution in [-0.2, 0) is 4.79 Å². The van der Waals surface area contributed by atoms with Crippen LogP contribution in [0.15, 0.2) is 11.1 Å². The minimum atomic E-state index is -0.341. The van der Waals surface area contributed by atoms with Crippen LogP contribution in [-0.4, -0.2) is 29.0 Å². The van der Waals surface area contributed by atoms with Crippen molar-refractivity contribution in [1.29, 1.82) is 0 Å². The molecular weight excluding hydrogens is 208 g/mol. The monoisotopic (exact) mass is 224 g/mol. The maximum atomic E-state index is 11.6. The van der Waals surface area contributed by atoms with Crippen molar-refractivity contribution in [3.63, 3.8) is 0 Å². The minimum absolute atomic E-state index is 0.207. The zero-order valence-electron chi connectivity index (χ0n) is 9.70. The molecule has 0 saturated carbocycles. The van der Waals surface area contributed by atoms with Crippen LogP contribution < -0.4 is 15.8 Å². The van der Waals surface area contributed by atoms with E-state index in [2.05, 4.69) is 15.3 Å². The summed E-state index contributed by atoms with van der Waals surface area (Å²) in [7, 11) is 0. The van der Waals surface area contributed by atoms with E-state index in [4.69, 9.17) is 0 Å². The largest absolute Gasteiger partial charge is 0.355 e. The molecule has 6 heteroatoms. The number of anilines is 2. The van der Waals surface area contributed by atoms with Gasteiger partial charge >= 0.3 is 0 Å². The summed E-state index contributed by atoms with van der Waals surface area (Å²) in [5, 5.41) is 2.50. The fourth-order valence-corrected chi connectivity index (χ4v) is 1.44. The Morgan fingerprint density at radius 1 is 1.50 bits per heavy atom. The van der Waals surface area contributed by atoms with Gasteiger partial charge in [-0.3, -0.25) is 9.59 Å². The highest BCUT2D eigenvalue weighted by Gasteiger charge is 2.14. The number of nitrogens with zero attached hydrogens (tertiary/aromatic N) is 2. The van der Waals surface area contributed by atoms with Gasteiger partial charge in [-0.05, 0) is 13.8 Å². The highest BCUT2D eigenvalue weighted by Crippen LogP contribution is 2.17. The third kappa shape index (κ3) is 2.59. The van der Waals surface area contributed by atoms with E-state index in [1.807, 2.05) is 18.7 Å². The van der Waals surface area contributed by atoms with Gasteiger partial charge in [0.1, 0.15) is 0 Å². The van der Waals surface area contributed by atoms with Gasteiger partial charge in [-0.1, -0.05) is 0 Å². The number of amides is 1. The number of rotatable bonds is 4. The van der Waals surface area contributed by atoms with Crippen molar-refractivity contribution in [1.82, 2.24) is 9.97 Å². The Morgan fingerprint density at radius 3 is 2.62 bits per heavy atom. The Kier molecular flexibility index (Phi) is 4.04. The fraction of sp³-hybridized carbons (Fsp3) is 0.500. The molecular formula is C10H16N4O2. The molecule has 0 atom stereocenters. The van der Waals surface area contributed by atoms with Crippen molar-refractivity contribution in [2.45, 2.75) is 20.8 Å². The van der Waals surface area contributed by atoms with E-state index in [1.54, 1.807) is 0 Å². The van der Waals surface area contributed by atoms with Crippen LogP contribution in [0.4, 0.5) is 11.5 Å². The Hall–Kier alpha value is -1.85. The summed E-state index contributed by atoms with van der Waals surface area (Å²) in [5.74, 6) is 0.218. The second-order valence-electron chi connectivity index (χ2n) is 3.28. The zero-order valence-corrected chi connectivity index (χ0v) is 9.70. The van der Waals surface area contributed by atoms with Crippen LogP contribution >= 0.6 is 0 Å². The van der Waals surface area contributed by atoms with Crippen molar-refractivity contribution in [2.75, 3.05) is 23.3 Å². The quantitative estimate of drug-likeness (QED) is 0.784. The van der Waals surface area contributed by atoms with Crippen LogP contribution in [0, 0.1) is 0 Å². The Bertz CT molecular complexity index is 423. The summed E-state index contributed by atoms with van der Waals surface area (Å²) >= 11 is 0. The predicted molar refractivity (Wildman–Crippen MR) is 62.7 cm³/mol. The van der Waals surface area contributed by atoms with Crippen LogP contribution in [0.3, 0.4) is 0 Å². The van der Waals surface area contributed by atoms with Crippen LogP contribution in [0.5, 0.6) is 0 Å². The van der Waals surface area contributed by atoms with Gasteiger partial charge in [0.05, 0.1) is 6.33 Å². The summed E-state index contributed by atoms with van der Waals surface area (Å²) in [4.78, 5) is 31.0. The molecule has 0 radical (unpaired) electrons. The topological polar surface area (TPSA) is 78.1 Å². The predicted octanol–water partition coefficient (Wildman–Crippen LogP) is 0.575. The smallest absolute Gasteiger partial charge is 0.276 e. The first-order valence-corrected chi connectivity index (χ1v) is 5.20. The number of hydrogen-bond acceptors (Lipinski definition) is 4. The second kappa shape index (κ2) is 5.29. The van der Waals surface area contributed by atoms with E-state index in [-0.39, 0.29) is 17.2 Å². The van der Waals surface area contributed by atoms with Crippen LogP contribution in [0.1, 0.15) is 20.8 Å². The van der Waals surface area contributed by atoms with Gasteiger partial charge in [-0.2, -0.15) is 0 Å². The number of H-pyrrole nitrogens is 1. The maximum absolute atomic E-state index is 11.6. The molecule has 0 aliphatic carbocycles. The standard InChI is InChI=1S/C10H16N4O2/c1-4-14(5-2)9-8(13-7(3)15)10(16)12-6-11-9/h6H,4-5H2,1-3H3,(H,13,15)(H,11,12,16). The molecule has 0 bridgehead atoms. The van der Waals surface area contributed by atoms with E-state index in [1.165, 1.54) is 13.3 Å². The molecule has 1 amide bonds. The highest BCUT2D eigenvalue weighted by atomic mass is 16.2. The summed E-state index contributed by atoms with van der Waals surface area (Å²) < 4.78 is 0. The molecule has 1 aromatic heterocycles. The first-order chi connectivity index (χ1) is 7.60. The Labute approximate surface area is 93.7 Å². The molecule has 0 spiro atoms. The molecule has 0 saturated heterocycles. The SMILES string of the molecule is CCN(CC)c1nc[nH]c(=O)c1NC(C)=O. The number of carbonyl (C=O) groups is 1. The third-order valence-corrected chi connectivity index (χ3v) is 2.20. The number of nitrogens with one attached hydrogen (secondary N) is 2. The van der Waals surface area contributed by atoms with Crippen LogP contribution in [0.25, 0.3) is 0 Å². The number of aromatic nitrogens is 2. The van der Waals surface area contributed by atoms with Gasteiger partial charge < -0.3 is 15.2 Å². The van der Waals surface area contributed by atoms with E-state index in [0.717, 1.165) is 13.1 Å². The molecule has 0 aliphatic heterocycles. The molecule has 0 aromatic carbocycles. The molecule has 88 valence electrons. The molecule has 1 rings (SSSR count). The van der Waals surface area contributed by atoms with Crippen molar-refractivity contribution < 1.29 is 4.79 Å². The number of hydrogen-bond donors (Lipinski definition) is 2. The first kappa shape index (κ1) is 12.2. The van der Waals surface area contributed by atoms with Gasteiger partial charge in [0.25, 0.3) is 5.56 Å². The molecule has 0 unspecified atom stereocenters. The van der Waals surface area contributed by atoms with Crippen LogP contribution in [0.2, 0.25) is 0 Å². The van der Waals surface area contributed by atoms with Gasteiger partial charge in [-0.15, -0.1) is 0 Å². The minimum Gasteiger partial charge on any atom is -0.355 e. The molecule has 2 N–H and O–H groups in total. The van der Waals surface area contributed by atoms with Gasteiger partial charge in [-0.25, -0.2) is 4.98 Å². The third-order valence-electron chi connectivity index (χ3n) is 2.20. The van der Waals surface area contributed by atoms with E-state index >= 15 is 0 Å². The average Bonchev–Trinajstić information content (AvgIpc) is 2.24. The summed E-state index contributed by atoms with van der Waals surface area (Å²) in [6.07, 6.45) is 1.33. The lowest BCUT2D eigenvalue weighted by Gasteiger charge is -2.21. The first-order valence-electron chi connectivity index (χ1n) is 5.20. The van der Waals surface area contributed by atoms with Gasteiger partial charge in [0.2, 0.25) is 5.91 Å². The van der Waals surface area contributed by atoms with Gasteiger partial charge in [0.15, 0.2) is 11.5 Å². The van der Waals surface area contributed by atoms with E-state index < -0.39 is 0 Å². The zero-order chi connectivity index (χ0) is 12.1.